The van der Waals surface area contributed by atoms with Crippen molar-refractivity contribution in [1.82, 2.24) is 0 Å². The fraction of sp³-hybridized carbons (Fsp3) is 0.200. The number of hydrogen-bond donors (Lipinski definition) is 0. The van der Waals surface area contributed by atoms with Crippen LogP contribution in [0.4, 0.5) is 22.0 Å². The summed E-state index contributed by atoms with van der Waals surface area (Å²) in [6.07, 6.45) is -14.8. The molecule has 25 heavy (non-hydrogen) atoms. The molecule has 0 heterocycles. The third kappa shape index (κ3) is 4.67. The van der Waals surface area contributed by atoms with Gasteiger partial charge in [-0.05, 0) is 24.3 Å². The topological polar surface area (TPSA) is 52.6 Å². The van der Waals surface area contributed by atoms with Gasteiger partial charge in [-0.2, -0.15) is 30.2 Å². The number of ether oxygens (including phenoxy) is 1. The molecule has 0 spiro atoms. The van der Waals surface area contributed by atoms with Crippen LogP contribution in [0.3, 0.4) is 0 Å². The molecule has 2 aromatic carbocycles. The molecule has 2 rings (SSSR count). The molecule has 0 aromatic heterocycles. The number of benzene rings is 2. The Balaban J connectivity index is 2.20. The van der Waals surface area contributed by atoms with Gasteiger partial charge in [0.15, 0.2) is 0 Å². The Morgan fingerprint density at radius 3 is 1.80 bits per heavy atom. The van der Waals surface area contributed by atoms with Crippen LogP contribution in [0, 0.1) is 0 Å². The van der Waals surface area contributed by atoms with Gasteiger partial charge in [0.05, 0.1) is 4.90 Å². The van der Waals surface area contributed by atoms with Crippen molar-refractivity contribution in [3.8, 4) is 5.75 Å². The predicted octanol–water partition coefficient (Wildman–Crippen LogP) is 3.99. The van der Waals surface area contributed by atoms with Gasteiger partial charge in [0.2, 0.25) is 0 Å². The minimum atomic E-state index is -5.37. The molecule has 0 saturated carbocycles. The molecule has 1 unspecified atom stereocenters. The standard InChI is InChI=1S/C15H11F5O4S/c16-13(14(17,18)23-11-7-3-1-4-8-11)15(19,20)24-25(21,22)12-9-5-2-6-10-12/h1-10,13H. The molecule has 10 heteroatoms. The third-order valence-electron chi connectivity index (χ3n) is 2.84. The molecule has 0 N–H and O–H groups in total. The second-order valence-electron chi connectivity index (χ2n) is 4.75. The van der Waals surface area contributed by atoms with E-state index >= 15 is 0 Å². The summed E-state index contributed by atoms with van der Waals surface area (Å²) in [6.45, 7) is 0. The van der Waals surface area contributed by atoms with Crippen LogP contribution in [0.1, 0.15) is 0 Å². The van der Waals surface area contributed by atoms with Gasteiger partial charge in [0, 0.05) is 0 Å². The van der Waals surface area contributed by atoms with Crippen molar-refractivity contribution in [1.29, 1.82) is 0 Å². The minimum absolute atomic E-state index is 0.586. The number of para-hydroxylation sites is 1. The molecule has 0 saturated heterocycles. The van der Waals surface area contributed by atoms with Gasteiger partial charge in [-0.3, -0.25) is 0 Å². The van der Waals surface area contributed by atoms with Gasteiger partial charge >= 0.3 is 22.3 Å². The second kappa shape index (κ2) is 6.96. The highest BCUT2D eigenvalue weighted by molar-refractivity contribution is 7.86. The van der Waals surface area contributed by atoms with Gasteiger partial charge in [0.25, 0.3) is 6.17 Å². The summed E-state index contributed by atoms with van der Waals surface area (Å²) >= 11 is 0. The molecule has 0 aliphatic carbocycles. The van der Waals surface area contributed by atoms with E-state index < -0.39 is 39.2 Å². The van der Waals surface area contributed by atoms with E-state index in [1.807, 2.05) is 0 Å². The predicted molar refractivity (Wildman–Crippen MR) is 76.6 cm³/mol. The Bertz CT molecular complexity index is 797. The van der Waals surface area contributed by atoms with E-state index in [0.717, 1.165) is 24.3 Å². The lowest BCUT2D eigenvalue weighted by atomic mass is 10.3. The average molecular weight is 382 g/mol. The van der Waals surface area contributed by atoms with Gasteiger partial charge in [-0.1, -0.05) is 36.4 Å². The monoisotopic (exact) mass is 382 g/mol. The van der Waals surface area contributed by atoms with Crippen molar-refractivity contribution < 1.29 is 39.3 Å². The lowest BCUT2D eigenvalue weighted by Gasteiger charge is -2.26. The number of halogens is 5. The molecule has 1 atom stereocenters. The van der Waals surface area contributed by atoms with E-state index in [9.17, 15) is 30.4 Å². The summed E-state index contributed by atoms with van der Waals surface area (Å²) in [5.41, 5.74) is 0. The fourth-order valence-electron chi connectivity index (χ4n) is 1.72. The number of alkyl halides is 5. The Morgan fingerprint density at radius 2 is 1.28 bits per heavy atom. The molecular weight excluding hydrogens is 371 g/mol. The maximum Gasteiger partial charge on any atom is 0.438 e. The van der Waals surface area contributed by atoms with Crippen LogP contribution in [0.25, 0.3) is 0 Å². The van der Waals surface area contributed by atoms with Crippen molar-refractivity contribution in [3.05, 3.63) is 60.7 Å². The summed E-state index contributed by atoms with van der Waals surface area (Å²) in [7, 11) is -5.18. The lowest BCUT2D eigenvalue weighted by molar-refractivity contribution is -0.319. The van der Waals surface area contributed by atoms with Crippen LogP contribution < -0.4 is 4.74 Å². The second-order valence-corrected chi connectivity index (χ2v) is 6.30. The quantitative estimate of drug-likeness (QED) is 0.537. The first-order valence-corrected chi connectivity index (χ1v) is 8.10. The zero-order chi connectivity index (χ0) is 18.7. The van der Waals surface area contributed by atoms with E-state index in [4.69, 9.17) is 0 Å². The Kier molecular flexibility index (Phi) is 5.33. The number of rotatable bonds is 7. The number of hydrogen-bond acceptors (Lipinski definition) is 4. The van der Waals surface area contributed by atoms with Gasteiger partial charge in [-0.15, -0.1) is 0 Å². The fourth-order valence-corrected chi connectivity index (χ4v) is 2.68. The Morgan fingerprint density at radius 1 is 0.800 bits per heavy atom. The summed E-state index contributed by atoms with van der Waals surface area (Å²) in [4.78, 5) is -0.742. The molecule has 0 radical (unpaired) electrons. The van der Waals surface area contributed by atoms with E-state index in [2.05, 4.69) is 8.92 Å². The first kappa shape index (κ1) is 19.1. The molecule has 136 valence electrons. The highest BCUT2D eigenvalue weighted by Crippen LogP contribution is 2.38. The maximum atomic E-state index is 13.7. The van der Waals surface area contributed by atoms with Crippen molar-refractivity contribution in [2.24, 2.45) is 0 Å². The van der Waals surface area contributed by atoms with Crippen LogP contribution in [0.5, 0.6) is 5.75 Å². The van der Waals surface area contributed by atoms with Crippen molar-refractivity contribution >= 4 is 10.1 Å². The highest BCUT2D eigenvalue weighted by Gasteiger charge is 2.61. The highest BCUT2D eigenvalue weighted by atomic mass is 32.2. The van der Waals surface area contributed by atoms with E-state index in [1.54, 1.807) is 0 Å². The van der Waals surface area contributed by atoms with Crippen LogP contribution in [-0.4, -0.2) is 26.8 Å². The molecule has 0 aliphatic rings. The van der Waals surface area contributed by atoms with E-state index in [1.165, 1.54) is 36.4 Å². The van der Waals surface area contributed by atoms with Gasteiger partial charge in [-0.25, -0.2) is 4.39 Å². The molecule has 0 aliphatic heterocycles. The largest absolute Gasteiger partial charge is 0.438 e. The Hall–Kier alpha value is -2.20. The summed E-state index contributed by atoms with van der Waals surface area (Å²) in [6, 6.07) is 11.5. The average Bonchev–Trinajstić information content (AvgIpc) is 2.54. The van der Waals surface area contributed by atoms with Crippen LogP contribution in [0.2, 0.25) is 0 Å². The zero-order valence-corrected chi connectivity index (χ0v) is 13.1. The van der Waals surface area contributed by atoms with Crippen molar-refractivity contribution in [2.45, 2.75) is 23.3 Å². The van der Waals surface area contributed by atoms with Crippen molar-refractivity contribution in [3.63, 3.8) is 0 Å². The molecule has 4 nitrogen and oxygen atoms in total. The molecule has 2 aromatic rings. The van der Waals surface area contributed by atoms with Crippen LogP contribution in [0.15, 0.2) is 65.6 Å². The third-order valence-corrected chi connectivity index (χ3v) is 4.13. The van der Waals surface area contributed by atoms with Gasteiger partial charge in [0.1, 0.15) is 5.75 Å². The molecule has 0 bridgehead atoms. The minimum Gasteiger partial charge on any atom is -0.430 e. The molecule has 0 fully saturated rings. The summed E-state index contributed by atoms with van der Waals surface area (Å²) in [5, 5.41) is 0. The normalized spacial score (nSPS) is 14.1. The van der Waals surface area contributed by atoms with Crippen molar-refractivity contribution in [2.75, 3.05) is 0 Å². The zero-order valence-electron chi connectivity index (χ0n) is 12.3. The summed E-state index contributed by atoms with van der Waals surface area (Å²) in [5.74, 6) is -0.586. The first-order chi connectivity index (χ1) is 11.5. The lowest BCUT2D eigenvalue weighted by Crippen LogP contribution is -2.49. The Labute approximate surface area is 139 Å². The van der Waals surface area contributed by atoms with E-state index in [-0.39, 0.29) is 0 Å². The maximum absolute atomic E-state index is 13.7. The van der Waals surface area contributed by atoms with Gasteiger partial charge < -0.3 is 4.74 Å². The first-order valence-electron chi connectivity index (χ1n) is 6.69. The van der Waals surface area contributed by atoms with Crippen LogP contribution in [-0.2, 0) is 14.3 Å². The summed E-state index contributed by atoms with van der Waals surface area (Å²) < 4.78 is 98.9. The molecular formula is C15H11F5O4S. The van der Waals surface area contributed by atoms with Crippen LogP contribution >= 0.6 is 0 Å². The smallest absolute Gasteiger partial charge is 0.430 e. The van der Waals surface area contributed by atoms with E-state index in [0.29, 0.717) is 0 Å². The molecule has 0 amide bonds. The SMILES string of the molecule is O=S(=O)(OC(F)(F)C(F)C(F)(F)Oc1ccccc1)c1ccccc1.